The Bertz CT molecular complexity index is 518. The second kappa shape index (κ2) is 6.02. The van der Waals surface area contributed by atoms with Crippen molar-refractivity contribution in [2.45, 2.75) is 46.1 Å². The fraction of sp³-hybridized carbons (Fsp3) is 0.571. The summed E-state index contributed by atoms with van der Waals surface area (Å²) in [6.45, 7) is 7.25. The van der Waals surface area contributed by atoms with E-state index in [1.165, 1.54) is 0 Å². The van der Waals surface area contributed by atoms with Gasteiger partial charge in [0.15, 0.2) is 0 Å². The molecule has 0 aromatic carbocycles. The van der Waals surface area contributed by atoms with Crippen LogP contribution in [-0.4, -0.2) is 28.1 Å². The molecule has 3 N–H and O–H groups in total. The van der Waals surface area contributed by atoms with Crippen molar-refractivity contribution in [3.8, 4) is 0 Å². The molecule has 0 aliphatic heterocycles. The van der Waals surface area contributed by atoms with Crippen LogP contribution >= 0.6 is 0 Å². The van der Waals surface area contributed by atoms with E-state index in [0.29, 0.717) is 12.0 Å². The molecule has 5 nitrogen and oxygen atoms in total. The minimum absolute atomic E-state index is 0.109. The highest BCUT2D eigenvalue weighted by Crippen LogP contribution is 2.10. The van der Waals surface area contributed by atoms with Gasteiger partial charge in [0.25, 0.3) is 11.5 Å². The molecule has 0 aliphatic carbocycles. The second-order valence-corrected chi connectivity index (χ2v) is 5.27. The monoisotopic (exact) mass is 266 g/mol. The first-order valence-electron chi connectivity index (χ1n) is 6.48. The average Bonchev–Trinajstić information content (AvgIpc) is 2.25. The average molecular weight is 266 g/mol. The normalized spacial score (nSPS) is 13.9. The first-order chi connectivity index (χ1) is 8.76. The van der Waals surface area contributed by atoms with Crippen molar-refractivity contribution < 1.29 is 9.90 Å². The molecule has 0 saturated heterocycles. The number of hydrogen-bond donors (Lipinski definition) is 3. The van der Waals surface area contributed by atoms with Gasteiger partial charge in [-0.1, -0.05) is 13.3 Å². The SMILES string of the molecule is CCCC(C)(O)CNC(=O)c1c(C)cc(C)[nH]c1=O. The first-order valence-corrected chi connectivity index (χ1v) is 6.48. The van der Waals surface area contributed by atoms with Gasteiger partial charge in [-0.3, -0.25) is 9.59 Å². The lowest BCUT2D eigenvalue weighted by molar-refractivity contribution is 0.0469. The van der Waals surface area contributed by atoms with E-state index < -0.39 is 17.1 Å². The van der Waals surface area contributed by atoms with Gasteiger partial charge in [-0.2, -0.15) is 0 Å². The van der Waals surface area contributed by atoms with Crippen LogP contribution in [0.4, 0.5) is 0 Å². The highest BCUT2D eigenvalue weighted by atomic mass is 16.3. The third kappa shape index (κ3) is 4.21. The van der Waals surface area contributed by atoms with Crippen molar-refractivity contribution in [3.05, 3.63) is 33.2 Å². The molecule has 1 amide bonds. The summed E-state index contributed by atoms with van der Waals surface area (Å²) < 4.78 is 0. The fourth-order valence-electron chi connectivity index (χ4n) is 2.12. The number of carbonyl (C=O) groups is 1. The Morgan fingerprint density at radius 2 is 2.11 bits per heavy atom. The van der Waals surface area contributed by atoms with E-state index in [1.54, 1.807) is 26.8 Å². The van der Waals surface area contributed by atoms with Crippen LogP contribution in [0.15, 0.2) is 10.9 Å². The Hall–Kier alpha value is -1.62. The Kier molecular flexibility index (Phi) is 4.89. The number of aliphatic hydroxyl groups is 1. The number of aryl methyl sites for hydroxylation is 2. The lowest BCUT2D eigenvalue weighted by atomic mass is 10.0. The molecule has 0 spiro atoms. The number of hydrogen-bond acceptors (Lipinski definition) is 3. The van der Waals surface area contributed by atoms with Crippen LogP contribution < -0.4 is 10.9 Å². The second-order valence-electron chi connectivity index (χ2n) is 5.27. The van der Waals surface area contributed by atoms with E-state index in [1.807, 2.05) is 6.92 Å². The van der Waals surface area contributed by atoms with Crippen LogP contribution in [0.5, 0.6) is 0 Å². The molecule has 1 aromatic rings. The molecule has 1 heterocycles. The standard InChI is InChI=1S/C14H22N2O3/c1-5-6-14(4,19)8-15-12(17)11-9(2)7-10(3)16-13(11)18/h7,19H,5-6,8H2,1-4H3,(H,15,17)(H,16,18). The van der Waals surface area contributed by atoms with E-state index in [9.17, 15) is 14.7 Å². The molecule has 19 heavy (non-hydrogen) atoms. The van der Waals surface area contributed by atoms with Crippen LogP contribution in [0.1, 0.15) is 48.3 Å². The minimum Gasteiger partial charge on any atom is -0.388 e. The Morgan fingerprint density at radius 1 is 1.47 bits per heavy atom. The predicted octanol–water partition coefficient (Wildman–Crippen LogP) is 1.27. The molecule has 0 fully saturated rings. The maximum atomic E-state index is 12.0. The molecular weight excluding hydrogens is 244 g/mol. The van der Waals surface area contributed by atoms with Gasteiger partial charge in [-0.05, 0) is 38.8 Å². The molecule has 0 saturated carbocycles. The van der Waals surface area contributed by atoms with Crippen LogP contribution in [0.25, 0.3) is 0 Å². The lowest BCUT2D eigenvalue weighted by Crippen LogP contribution is -2.42. The molecule has 106 valence electrons. The van der Waals surface area contributed by atoms with Gasteiger partial charge >= 0.3 is 0 Å². The van der Waals surface area contributed by atoms with Gasteiger partial charge in [0.2, 0.25) is 0 Å². The summed E-state index contributed by atoms with van der Waals surface area (Å²) in [5.74, 6) is -0.449. The van der Waals surface area contributed by atoms with Crippen LogP contribution in [0, 0.1) is 13.8 Å². The van der Waals surface area contributed by atoms with Gasteiger partial charge in [0, 0.05) is 12.2 Å². The third-order valence-electron chi connectivity index (χ3n) is 3.01. The maximum Gasteiger partial charge on any atom is 0.261 e. The number of aromatic nitrogens is 1. The van der Waals surface area contributed by atoms with E-state index in [-0.39, 0.29) is 12.1 Å². The zero-order valence-electron chi connectivity index (χ0n) is 12.0. The summed E-state index contributed by atoms with van der Waals surface area (Å²) in [4.78, 5) is 26.4. The smallest absolute Gasteiger partial charge is 0.261 e. The van der Waals surface area contributed by atoms with Gasteiger partial charge in [-0.25, -0.2) is 0 Å². The summed E-state index contributed by atoms with van der Waals surface area (Å²) in [6, 6.07) is 1.75. The van der Waals surface area contributed by atoms with E-state index in [2.05, 4.69) is 10.3 Å². The van der Waals surface area contributed by atoms with Gasteiger partial charge < -0.3 is 15.4 Å². The molecule has 0 bridgehead atoms. The molecule has 0 aliphatic rings. The predicted molar refractivity (Wildman–Crippen MR) is 74.4 cm³/mol. The summed E-state index contributed by atoms with van der Waals surface area (Å²) in [6.07, 6.45) is 1.42. The van der Waals surface area contributed by atoms with Gasteiger partial charge in [0.1, 0.15) is 5.56 Å². The zero-order chi connectivity index (χ0) is 14.6. The van der Waals surface area contributed by atoms with Crippen molar-refractivity contribution in [3.63, 3.8) is 0 Å². The van der Waals surface area contributed by atoms with E-state index in [4.69, 9.17) is 0 Å². The van der Waals surface area contributed by atoms with Gasteiger partial charge in [-0.15, -0.1) is 0 Å². The summed E-state index contributed by atoms with van der Waals surface area (Å²) >= 11 is 0. The zero-order valence-corrected chi connectivity index (χ0v) is 12.0. The van der Waals surface area contributed by atoms with E-state index in [0.717, 1.165) is 12.1 Å². The molecular formula is C14H22N2O3. The highest BCUT2D eigenvalue weighted by molar-refractivity contribution is 5.95. The van der Waals surface area contributed by atoms with Gasteiger partial charge in [0.05, 0.1) is 5.60 Å². The van der Waals surface area contributed by atoms with Crippen molar-refractivity contribution in [1.82, 2.24) is 10.3 Å². The van der Waals surface area contributed by atoms with E-state index >= 15 is 0 Å². The van der Waals surface area contributed by atoms with Crippen LogP contribution in [0.2, 0.25) is 0 Å². The quantitative estimate of drug-likeness (QED) is 0.750. The Balaban J connectivity index is 2.83. The lowest BCUT2D eigenvalue weighted by Gasteiger charge is -2.23. The molecule has 1 atom stereocenters. The number of nitrogens with one attached hydrogen (secondary N) is 2. The number of H-pyrrole nitrogens is 1. The molecule has 1 unspecified atom stereocenters. The topological polar surface area (TPSA) is 82.2 Å². The third-order valence-corrected chi connectivity index (χ3v) is 3.01. The summed E-state index contributed by atoms with van der Waals surface area (Å²) in [5.41, 5.74) is 0.115. The highest BCUT2D eigenvalue weighted by Gasteiger charge is 2.22. The van der Waals surface area contributed by atoms with Crippen molar-refractivity contribution in [2.24, 2.45) is 0 Å². The van der Waals surface area contributed by atoms with Crippen molar-refractivity contribution in [1.29, 1.82) is 0 Å². The number of carbonyl (C=O) groups excluding carboxylic acids is 1. The Morgan fingerprint density at radius 3 is 2.63 bits per heavy atom. The van der Waals surface area contributed by atoms with Crippen molar-refractivity contribution in [2.75, 3.05) is 6.54 Å². The Labute approximate surface area is 113 Å². The molecule has 1 aromatic heterocycles. The molecule has 1 rings (SSSR count). The maximum absolute atomic E-state index is 12.0. The number of amides is 1. The largest absolute Gasteiger partial charge is 0.388 e. The number of aromatic amines is 1. The fourth-order valence-corrected chi connectivity index (χ4v) is 2.12. The van der Waals surface area contributed by atoms with Crippen molar-refractivity contribution >= 4 is 5.91 Å². The summed E-state index contributed by atoms with van der Waals surface area (Å²) in [7, 11) is 0. The molecule has 5 heteroatoms. The first kappa shape index (κ1) is 15.4. The molecule has 0 radical (unpaired) electrons. The number of rotatable bonds is 5. The van der Waals surface area contributed by atoms with Crippen LogP contribution in [0.3, 0.4) is 0 Å². The van der Waals surface area contributed by atoms with Crippen LogP contribution in [-0.2, 0) is 0 Å². The minimum atomic E-state index is -0.949. The summed E-state index contributed by atoms with van der Waals surface area (Å²) in [5, 5.41) is 12.6. The number of pyridine rings is 1.